The first kappa shape index (κ1) is 13.8. The lowest BCUT2D eigenvalue weighted by Crippen LogP contribution is -2.15. The van der Waals surface area contributed by atoms with Gasteiger partial charge < -0.3 is 9.73 Å². The molecule has 0 atom stereocenters. The van der Waals surface area contributed by atoms with Crippen LogP contribution in [0.4, 0.5) is 0 Å². The van der Waals surface area contributed by atoms with E-state index < -0.39 is 0 Å². The van der Waals surface area contributed by atoms with Crippen LogP contribution in [-0.4, -0.2) is 9.31 Å². The maximum atomic E-state index is 5.98. The third-order valence-corrected chi connectivity index (χ3v) is 4.52. The number of furan rings is 1. The third-order valence-electron chi connectivity index (χ3n) is 2.65. The summed E-state index contributed by atoms with van der Waals surface area (Å²) in [6.07, 6.45) is 1.88. The summed E-state index contributed by atoms with van der Waals surface area (Å²) in [7, 11) is 0. The van der Waals surface area contributed by atoms with E-state index in [0.29, 0.717) is 14.3 Å². The van der Waals surface area contributed by atoms with Crippen molar-refractivity contribution in [2.24, 2.45) is 0 Å². The van der Waals surface area contributed by atoms with Crippen LogP contribution in [0.3, 0.4) is 0 Å². The number of benzene rings is 1. The topological polar surface area (TPSA) is 25.2 Å². The van der Waals surface area contributed by atoms with E-state index in [-0.39, 0.29) is 0 Å². The molecule has 100 valence electrons. The van der Waals surface area contributed by atoms with Crippen molar-refractivity contribution in [1.82, 2.24) is 5.32 Å². The van der Waals surface area contributed by atoms with Gasteiger partial charge in [0.1, 0.15) is 20.8 Å². The van der Waals surface area contributed by atoms with Crippen LogP contribution in [0.15, 0.2) is 45.7 Å². The van der Waals surface area contributed by atoms with Gasteiger partial charge in [-0.25, -0.2) is 0 Å². The molecule has 0 bridgehead atoms. The van der Waals surface area contributed by atoms with Crippen LogP contribution < -0.4 is 5.32 Å². The minimum absolute atomic E-state index is 0.640. The van der Waals surface area contributed by atoms with Crippen LogP contribution in [0.5, 0.6) is 0 Å². The Labute approximate surface area is 136 Å². The molecule has 20 heavy (non-hydrogen) atoms. The van der Waals surface area contributed by atoms with Crippen molar-refractivity contribution in [1.29, 1.82) is 0 Å². The number of thioether (sulfide) groups is 1. The Morgan fingerprint density at radius 3 is 2.75 bits per heavy atom. The van der Waals surface area contributed by atoms with Crippen molar-refractivity contribution in [2.75, 3.05) is 0 Å². The highest BCUT2D eigenvalue weighted by Crippen LogP contribution is 2.30. The molecule has 0 amide bonds. The molecule has 2 aromatic rings. The van der Waals surface area contributed by atoms with Gasteiger partial charge in [0.05, 0.1) is 4.91 Å². The molecule has 0 aliphatic carbocycles. The van der Waals surface area contributed by atoms with Crippen molar-refractivity contribution in [2.45, 2.75) is 0 Å². The lowest BCUT2D eigenvalue weighted by molar-refractivity contribution is 0.572. The van der Waals surface area contributed by atoms with Crippen LogP contribution in [0.1, 0.15) is 5.76 Å². The summed E-state index contributed by atoms with van der Waals surface area (Å²) in [5, 5.41) is 3.61. The zero-order valence-corrected chi connectivity index (χ0v) is 13.3. The quantitative estimate of drug-likeness (QED) is 0.621. The molecule has 1 aliphatic rings. The van der Waals surface area contributed by atoms with Crippen LogP contribution in [-0.2, 0) is 0 Å². The Balaban J connectivity index is 1.89. The summed E-state index contributed by atoms with van der Waals surface area (Å²) < 4.78 is 6.46. The summed E-state index contributed by atoms with van der Waals surface area (Å²) >= 11 is 17.7. The third kappa shape index (κ3) is 2.96. The van der Waals surface area contributed by atoms with E-state index in [1.165, 1.54) is 11.8 Å². The second-order valence-corrected chi connectivity index (χ2v) is 6.63. The van der Waals surface area contributed by atoms with Gasteiger partial charge in [0.15, 0.2) is 0 Å². The number of rotatable bonds is 2. The molecule has 2 heterocycles. The number of halogens is 1. The van der Waals surface area contributed by atoms with Crippen LogP contribution in [0, 0.1) is 0 Å². The summed E-state index contributed by atoms with van der Waals surface area (Å²) in [6, 6.07) is 11.3. The number of hydrogen-bond donors (Lipinski definition) is 1. The Kier molecular flexibility index (Phi) is 3.94. The molecule has 1 fully saturated rings. The molecule has 1 N–H and O–H groups in total. The Morgan fingerprint density at radius 2 is 2.05 bits per heavy atom. The summed E-state index contributed by atoms with van der Waals surface area (Å²) in [6.45, 7) is 0. The van der Waals surface area contributed by atoms with Gasteiger partial charge in [-0.3, -0.25) is 0 Å². The van der Waals surface area contributed by atoms with Gasteiger partial charge in [-0.1, -0.05) is 59.9 Å². The average molecular weight is 338 g/mol. The van der Waals surface area contributed by atoms with Crippen molar-refractivity contribution in [3.8, 4) is 11.3 Å². The molecule has 0 spiro atoms. The summed E-state index contributed by atoms with van der Waals surface area (Å²) in [4.78, 5) is 1.54. The van der Waals surface area contributed by atoms with Gasteiger partial charge in [0.25, 0.3) is 0 Å². The average Bonchev–Trinajstić information content (AvgIpc) is 2.97. The number of thiocarbonyl (C=S) groups is 2. The highest BCUT2D eigenvalue weighted by molar-refractivity contribution is 8.27. The molecule has 1 aromatic heterocycles. The van der Waals surface area contributed by atoms with Crippen LogP contribution in [0.2, 0.25) is 5.02 Å². The van der Waals surface area contributed by atoms with Crippen molar-refractivity contribution < 1.29 is 4.42 Å². The summed E-state index contributed by atoms with van der Waals surface area (Å²) in [5.41, 5.74) is 0.942. The van der Waals surface area contributed by atoms with E-state index in [2.05, 4.69) is 5.32 Å². The van der Waals surface area contributed by atoms with Gasteiger partial charge in [0, 0.05) is 10.6 Å². The zero-order valence-electron chi connectivity index (χ0n) is 10.1. The normalized spacial score (nSPS) is 16.8. The minimum atomic E-state index is 0.640. The fraction of sp³-hybridized carbons (Fsp3) is 0. The van der Waals surface area contributed by atoms with E-state index in [0.717, 1.165) is 22.0 Å². The molecular formula is C14H8ClNOS3. The monoisotopic (exact) mass is 337 g/mol. The molecule has 1 aromatic carbocycles. The largest absolute Gasteiger partial charge is 0.457 e. The molecule has 2 nitrogen and oxygen atoms in total. The standard InChI is InChI=1S/C14H8ClNOS3/c15-9-3-1-2-8(6-9)11-5-4-10(17-11)7-12-13(18)16-14(19)20-12/h1-7H,(H,16,18,19)/b12-7-. The smallest absolute Gasteiger partial charge is 0.143 e. The van der Waals surface area contributed by atoms with Gasteiger partial charge in [-0.2, -0.15) is 0 Å². The van der Waals surface area contributed by atoms with Crippen LogP contribution in [0.25, 0.3) is 17.4 Å². The van der Waals surface area contributed by atoms with Gasteiger partial charge in [-0.05, 0) is 30.3 Å². The van der Waals surface area contributed by atoms with E-state index in [9.17, 15) is 0 Å². The highest BCUT2D eigenvalue weighted by atomic mass is 35.5. The van der Waals surface area contributed by atoms with Crippen molar-refractivity contribution in [3.05, 3.63) is 52.1 Å². The molecule has 0 radical (unpaired) electrons. The van der Waals surface area contributed by atoms with Gasteiger partial charge in [0.2, 0.25) is 0 Å². The zero-order chi connectivity index (χ0) is 14.1. The maximum Gasteiger partial charge on any atom is 0.143 e. The van der Waals surface area contributed by atoms with E-state index in [4.69, 9.17) is 40.5 Å². The molecule has 6 heteroatoms. The number of nitrogens with one attached hydrogen (secondary N) is 1. The molecule has 1 aliphatic heterocycles. The first-order valence-electron chi connectivity index (χ1n) is 5.72. The highest BCUT2D eigenvalue weighted by Gasteiger charge is 2.19. The van der Waals surface area contributed by atoms with Gasteiger partial charge >= 0.3 is 0 Å². The van der Waals surface area contributed by atoms with E-state index in [1.54, 1.807) is 0 Å². The van der Waals surface area contributed by atoms with Crippen LogP contribution >= 0.6 is 47.8 Å². The van der Waals surface area contributed by atoms with E-state index >= 15 is 0 Å². The molecule has 3 rings (SSSR count). The fourth-order valence-corrected chi connectivity index (χ4v) is 3.43. The maximum absolute atomic E-state index is 5.98. The van der Waals surface area contributed by atoms with Gasteiger partial charge in [-0.15, -0.1) is 0 Å². The van der Waals surface area contributed by atoms with Crippen molar-refractivity contribution in [3.63, 3.8) is 0 Å². The fourth-order valence-electron chi connectivity index (χ4n) is 1.78. The first-order valence-corrected chi connectivity index (χ1v) is 7.73. The predicted octanol–water partition coefficient (Wildman–Crippen LogP) is 4.89. The molecule has 1 saturated heterocycles. The Bertz CT molecular complexity index is 736. The molecular weight excluding hydrogens is 330 g/mol. The SMILES string of the molecule is S=C1NC(=S)/C(=C/c2ccc(-c3cccc(Cl)c3)o2)S1. The first-order chi connectivity index (χ1) is 9.61. The second kappa shape index (κ2) is 5.69. The Morgan fingerprint density at radius 1 is 1.20 bits per heavy atom. The summed E-state index contributed by atoms with van der Waals surface area (Å²) in [5.74, 6) is 1.50. The predicted molar refractivity (Wildman–Crippen MR) is 93.1 cm³/mol. The van der Waals surface area contributed by atoms with E-state index in [1.807, 2.05) is 42.5 Å². The minimum Gasteiger partial charge on any atom is -0.457 e. The molecule has 0 saturated carbocycles. The second-order valence-electron chi connectivity index (χ2n) is 4.06. The lowest BCUT2D eigenvalue weighted by Gasteiger charge is -1.97. The van der Waals surface area contributed by atoms with Crippen molar-refractivity contribution >= 4 is 63.2 Å². The lowest BCUT2D eigenvalue weighted by atomic mass is 10.2. The molecule has 0 unspecified atom stereocenters. The number of hydrogen-bond acceptors (Lipinski definition) is 4. The Hall–Kier alpha value is -1.14.